The molecule has 2 N–H and O–H groups in total. The Kier molecular flexibility index (Phi) is 8.09. The van der Waals surface area contributed by atoms with Crippen molar-refractivity contribution < 1.29 is 28.6 Å². The first-order valence-corrected chi connectivity index (χ1v) is 6.86. The van der Waals surface area contributed by atoms with Crippen LogP contribution in [0.3, 0.4) is 0 Å². The van der Waals surface area contributed by atoms with E-state index in [1.165, 1.54) is 24.3 Å². The Morgan fingerprint density at radius 2 is 1.91 bits per heavy atom. The van der Waals surface area contributed by atoms with Gasteiger partial charge in [0.1, 0.15) is 5.82 Å². The van der Waals surface area contributed by atoms with Gasteiger partial charge in [-0.2, -0.15) is 0 Å². The SMILES string of the molecule is COCCOCCC(=O)NC(CC(=O)O)c1ccc(F)cc1. The van der Waals surface area contributed by atoms with E-state index in [2.05, 4.69) is 5.32 Å². The Bertz CT molecular complexity index is 477. The zero-order chi connectivity index (χ0) is 16.4. The summed E-state index contributed by atoms with van der Waals surface area (Å²) in [7, 11) is 1.55. The molecule has 0 fully saturated rings. The van der Waals surface area contributed by atoms with Crippen molar-refractivity contribution in [2.24, 2.45) is 0 Å². The van der Waals surface area contributed by atoms with Crippen LogP contribution in [-0.4, -0.2) is 43.9 Å². The van der Waals surface area contributed by atoms with Crippen molar-refractivity contribution in [3.63, 3.8) is 0 Å². The molecule has 0 saturated carbocycles. The number of ether oxygens (including phenoxy) is 2. The van der Waals surface area contributed by atoms with Crippen molar-refractivity contribution in [3.05, 3.63) is 35.6 Å². The molecule has 1 rings (SSSR count). The quantitative estimate of drug-likeness (QED) is 0.640. The van der Waals surface area contributed by atoms with E-state index in [0.717, 1.165) is 0 Å². The van der Waals surface area contributed by atoms with Gasteiger partial charge in [0.2, 0.25) is 5.91 Å². The van der Waals surface area contributed by atoms with Crippen LogP contribution < -0.4 is 5.32 Å². The summed E-state index contributed by atoms with van der Waals surface area (Å²) >= 11 is 0. The van der Waals surface area contributed by atoms with E-state index in [4.69, 9.17) is 14.6 Å². The van der Waals surface area contributed by atoms with Gasteiger partial charge in [0.05, 0.1) is 32.3 Å². The molecule has 122 valence electrons. The zero-order valence-electron chi connectivity index (χ0n) is 12.4. The molecule has 6 nitrogen and oxygen atoms in total. The zero-order valence-corrected chi connectivity index (χ0v) is 12.4. The Morgan fingerprint density at radius 3 is 2.50 bits per heavy atom. The van der Waals surface area contributed by atoms with Gasteiger partial charge in [-0.15, -0.1) is 0 Å². The van der Waals surface area contributed by atoms with E-state index < -0.39 is 17.8 Å². The van der Waals surface area contributed by atoms with E-state index in [1.54, 1.807) is 7.11 Å². The molecule has 0 bridgehead atoms. The molecule has 0 heterocycles. The fourth-order valence-electron chi connectivity index (χ4n) is 1.80. The highest BCUT2D eigenvalue weighted by atomic mass is 19.1. The maximum atomic E-state index is 12.9. The van der Waals surface area contributed by atoms with Crippen LogP contribution in [0.1, 0.15) is 24.4 Å². The molecule has 0 radical (unpaired) electrons. The number of benzene rings is 1. The molecule has 0 spiro atoms. The number of carbonyl (C=O) groups excluding carboxylic acids is 1. The predicted molar refractivity (Wildman–Crippen MR) is 76.8 cm³/mol. The number of hydrogen-bond donors (Lipinski definition) is 2. The van der Waals surface area contributed by atoms with Crippen LogP contribution in [0, 0.1) is 5.82 Å². The van der Waals surface area contributed by atoms with Crippen LogP contribution >= 0.6 is 0 Å². The molecule has 1 amide bonds. The van der Waals surface area contributed by atoms with Gasteiger partial charge in [-0.1, -0.05) is 12.1 Å². The van der Waals surface area contributed by atoms with Crippen LogP contribution in [0.2, 0.25) is 0 Å². The summed E-state index contributed by atoms with van der Waals surface area (Å²) in [5, 5.41) is 11.5. The minimum atomic E-state index is -1.05. The molecule has 1 atom stereocenters. The first-order chi connectivity index (χ1) is 10.5. The standard InChI is InChI=1S/C15H20FNO5/c1-21-8-9-22-7-6-14(18)17-13(10-15(19)20)11-2-4-12(16)5-3-11/h2-5,13H,6-10H2,1H3,(H,17,18)(H,19,20). The third-order valence-corrected chi connectivity index (χ3v) is 2.89. The first-order valence-electron chi connectivity index (χ1n) is 6.86. The van der Waals surface area contributed by atoms with Crippen molar-refractivity contribution in [3.8, 4) is 0 Å². The number of carboxylic acids is 1. The van der Waals surface area contributed by atoms with Crippen LogP contribution in [-0.2, 0) is 19.1 Å². The van der Waals surface area contributed by atoms with Crippen molar-refractivity contribution in [1.82, 2.24) is 5.32 Å². The second-order valence-corrected chi connectivity index (χ2v) is 4.62. The van der Waals surface area contributed by atoms with Gasteiger partial charge in [0.25, 0.3) is 0 Å². The molecule has 0 aliphatic carbocycles. The maximum Gasteiger partial charge on any atom is 0.305 e. The number of rotatable bonds is 10. The lowest BCUT2D eigenvalue weighted by molar-refractivity contribution is -0.137. The van der Waals surface area contributed by atoms with E-state index in [9.17, 15) is 14.0 Å². The average Bonchev–Trinajstić information content (AvgIpc) is 2.46. The molecule has 22 heavy (non-hydrogen) atoms. The minimum Gasteiger partial charge on any atom is -0.481 e. The number of hydrogen-bond acceptors (Lipinski definition) is 4. The molecule has 0 saturated heterocycles. The van der Waals surface area contributed by atoms with Crippen molar-refractivity contribution in [2.75, 3.05) is 26.9 Å². The molecule has 0 aliphatic rings. The third kappa shape index (κ3) is 7.14. The summed E-state index contributed by atoms with van der Waals surface area (Å²) in [5.74, 6) is -1.80. The molecule has 1 aromatic carbocycles. The summed E-state index contributed by atoms with van der Waals surface area (Å²) in [6.07, 6.45) is -0.164. The van der Waals surface area contributed by atoms with Gasteiger partial charge in [-0.3, -0.25) is 9.59 Å². The normalized spacial score (nSPS) is 11.9. The summed E-state index contributed by atoms with van der Waals surface area (Å²) in [6.45, 7) is 1.05. The van der Waals surface area contributed by atoms with E-state index in [0.29, 0.717) is 18.8 Å². The molecule has 1 aromatic rings. The molecule has 1 unspecified atom stereocenters. The highest BCUT2D eigenvalue weighted by molar-refractivity contribution is 5.77. The number of halogens is 1. The molecule has 0 aromatic heterocycles. The number of carboxylic acid groups (broad SMARTS) is 1. The van der Waals surface area contributed by atoms with Gasteiger partial charge in [0.15, 0.2) is 0 Å². The third-order valence-electron chi connectivity index (χ3n) is 2.89. The first kappa shape index (κ1) is 18.1. The summed E-state index contributed by atoms with van der Waals surface area (Å²) in [5.41, 5.74) is 0.539. The number of methoxy groups -OCH3 is 1. The second kappa shape index (κ2) is 9.86. The predicted octanol–water partition coefficient (Wildman–Crippen LogP) is 1.51. The van der Waals surface area contributed by atoms with Crippen molar-refractivity contribution in [1.29, 1.82) is 0 Å². The van der Waals surface area contributed by atoms with Crippen LogP contribution in [0.15, 0.2) is 24.3 Å². The van der Waals surface area contributed by atoms with E-state index >= 15 is 0 Å². The summed E-state index contributed by atoms with van der Waals surface area (Å²) in [4.78, 5) is 22.7. The van der Waals surface area contributed by atoms with Gasteiger partial charge < -0.3 is 19.9 Å². The number of amides is 1. The smallest absolute Gasteiger partial charge is 0.305 e. The Morgan fingerprint density at radius 1 is 1.23 bits per heavy atom. The number of nitrogens with one attached hydrogen (secondary N) is 1. The fraction of sp³-hybridized carbons (Fsp3) is 0.467. The average molecular weight is 313 g/mol. The van der Waals surface area contributed by atoms with E-state index in [1.807, 2.05) is 0 Å². The lowest BCUT2D eigenvalue weighted by atomic mass is 10.0. The topological polar surface area (TPSA) is 84.9 Å². The molecular weight excluding hydrogens is 293 g/mol. The Hall–Kier alpha value is -1.99. The van der Waals surface area contributed by atoms with Crippen molar-refractivity contribution >= 4 is 11.9 Å². The van der Waals surface area contributed by atoms with Crippen LogP contribution in [0.5, 0.6) is 0 Å². The lowest BCUT2D eigenvalue weighted by Crippen LogP contribution is -2.31. The lowest BCUT2D eigenvalue weighted by Gasteiger charge is -2.17. The van der Waals surface area contributed by atoms with Gasteiger partial charge in [0, 0.05) is 13.5 Å². The Labute approximate surface area is 128 Å². The highest BCUT2D eigenvalue weighted by Crippen LogP contribution is 2.17. The summed E-state index contributed by atoms with van der Waals surface area (Å²) < 4.78 is 22.9. The van der Waals surface area contributed by atoms with Gasteiger partial charge in [-0.05, 0) is 17.7 Å². The van der Waals surface area contributed by atoms with Gasteiger partial charge in [-0.25, -0.2) is 4.39 Å². The minimum absolute atomic E-state index is 0.112. The van der Waals surface area contributed by atoms with E-state index in [-0.39, 0.29) is 25.4 Å². The highest BCUT2D eigenvalue weighted by Gasteiger charge is 2.18. The monoisotopic (exact) mass is 313 g/mol. The Balaban J connectivity index is 2.52. The van der Waals surface area contributed by atoms with Gasteiger partial charge >= 0.3 is 5.97 Å². The number of carbonyl (C=O) groups is 2. The fourth-order valence-corrected chi connectivity index (χ4v) is 1.80. The van der Waals surface area contributed by atoms with Crippen molar-refractivity contribution in [2.45, 2.75) is 18.9 Å². The van der Waals surface area contributed by atoms with Crippen LogP contribution in [0.25, 0.3) is 0 Å². The maximum absolute atomic E-state index is 12.9. The molecule has 7 heteroatoms. The largest absolute Gasteiger partial charge is 0.481 e. The summed E-state index contributed by atoms with van der Waals surface area (Å²) in [6, 6.07) is 4.66. The second-order valence-electron chi connectivity index (χ2n) is 4.62. The number of aliphatic carboxylic acids is 1. The molecule has 0 aliphatic heterocycles. The van der Waals surface area contributed by atoms with Crippen LogP contribution in [0.4, 0.5) is 4.39 Å². The molecular formula is C15H20FNO5.